The van der Waals surface area contributed by atoms with Gasteiger partial charge in [0.1, 0.15) is 5.75 Å². The molecule has 0 atom stereocenters. The predicted octanol–water partition coefficient (Wildman–Crippen LogP) is 3.86. The Balaban J connectivity index is 1.65. The van der Waals surface area contributed by atoms with Crippen LogP contribution in [0, 0.1) is 12.3 Å². The Morgan fingerprint density at radius 3 is 2.72 bits per heavy atom. The molecule has 29 heavy (non-hydrogen) atoms. The number of amides is 1. The molecule has 0 bridgehead atoms. The van der Waals surface area contributed by atoms with Gasteiger partial charge in [0.15, 0.2) is 5.82 Å². The molecule has 1 aliphatic rings. The lowest BCUT2D eigenvalue weighted by Gasteiger charge is -2.18. The van der Waals surface area contributed by atoms with Crippen molar-refractivity contribution in [1.82, 2.24) is 19.7 Å². The Morgan fingerprint density at radius 1 is 1.21 bits per heavy atom. The third-order valence-electron chi connectivity index (χ3n) is 4.84. The second kappa shape index (κ2) is 6.99. The third-order valence-corrected chi connectivity index (χ3v) is 4.84. The number of hydrogen-bond donors (Lipinski definition) is 0. The largest absolute Gasteiger partial charge is 0.495 e. The fourth-order valence-corrected chi connectivity index (χ4v) is 3.57. The van der Waals surface area contributed by atoms with Crippen LogP contribution in [0.3, 0.4) is 0 Å². The number of aromatic nitrogens is 4. The molecule has 0 saturated carbocycles. The average Bonchev–Trinajstić information content (AvgIpc) is 3.24. The van der Waals surface area contributed by atoms with Crippen LogP contribution in [0.25, 0.3) is 11.3 Å². The highest BCUT2D eigenvalue weighted by molar-refractivity contribution is 6.10. The lowest BCUT2D eigenvalue weighted by Crippen LogP contribution is -2.24. The number of nitrogens with zero attached hydrogens (tertiary/aromatic N) is 5. The zero-order chi connectivity index (χ0) is 20.8. The number of hydrogen-bond acceptors (Lipinski definition) is 5. The second-order valence-corrected chi connectivity index (χ2v) is 8.58. The van der Waals surface area contributed by atoms with Crippen molar-refractivity contribution in [3.8, 4) is 17.0 Å². The molecule has 0 aliphatic carbocycles. The lowest BCUT2D eigenvalue weighted by atomic mass is 9.97. The van der Waals surface area contributed by atoms with Gasteiger partial charge in [0.05, 0.1) is 36.8 Å². The SMILES string of the molecule is COc1cncc(-c2cc(C)c3c(n2)CN(c2ccn(CC(C)(C)C)n2)C3=O)c1. The summed E-state index contributed by atoms with van der Waals surface area (Å²) in [6.07, 6.45) is 5.33. The van der Waals surface area contributed by atoms with Crippen LogP contribution in [-0.4, -0.2) is 32.8 Å². The number of anilines is 1. The minimum atomic E-state index is -0.0543. The highest BCUT2D eigenvalue weighted by atomic mass is 16.5. The number of methoxy groups -OCH3 is 1. The summed E-state index contributed by atoms with van der Waals surface area (Å²) in [5.41, 5.74) is 4.07. The molecular formula is C22H25N5O2. The molecule has 0 saturated heterocycles. The van der Waals surface area contributed by atoms with Crippen molar-refractivity contribution in [3.63, 3.8) is 0 Å². The van der Waals surface area contributed by atoms with Gasteiger partial charge in [-0.15, -0.1) is 0 Å². The molecule has 150 valence electrons. The van der Waals surface area contributed by atoms with Crippen molar-refractivity contribution in [3.05, 3.63) is 53.6 Å². The van der Waals surface area contributed by atoms with E-state index >= 15 is 0 Å². The van der Waals surface area contributed by atoms with Gasteiger partial charge in [-0.05, 0) is 30.0 Å². The minimum absolute atomic E-state index is 0.0543. The smallest absolute Gasteiger partial charge is 0.262 e. The number of pyridine rings is 2. The maximum atomic E-state index is 13.1. The standard InChI is InChI=1S/C22H25N5O2/c1-14-8-17(15-9-16(29-5)11-23-10-15)24-18-12-27(21(28)20(14)18)19-6-7-26(25-19)13-22(2,3)4/h6-11H,12-13H2,1-5H3. The van der Waals surface area contributed by atoms with Gasteiger partial charge in [-0.25, -0.2) is 0 Å². The number of carbonyl (C=O) groups excluding carboxylic acids is 1. The second-order valence-electron chi connectivity index (χ2n) is 8.58. The Morgan fingerprint density at radius 2 is 2.00 bits per heavy atom. The van der Waals surface area contributed by atoms with E-state index in [0.29, 0.717) is 23.7 Å². The van der Waals surface area contributed by atoms with Gasteiger partial charge in [0, 0.05) is 30.6 Å². The molecule has 0 radical (unpaired) electrons. The minimum Gasteiger partial charge on any atom is -0.495 e. The fourth-order valence-electron chi connectivity index (χ4n) is 3.57. The van der Waals surface area contributed by atoms with E-state index in [9.17, 15) is 4.79 Å². The van der Waals surface area contributed by atoms with Crippen molar-refractivity contribution >= 4 is 11.7 Å². The van der Waals surface area contributed by atoms with Gasteiger partial charge in [-0.3, -0.25) is 24.3 Å². The summed E-state index contributed by atoms with van der Waals surface area (Å²) >= 11 is 0. The first-order valence-electron chi connectivity index (χ1n) is 9.60. The zero-order valence-corrected chi connectivity index (χ0v) is 17.4. The summed E-state index contributed by atoms with van der Waals surface area (Å²) in [6, 6.07) is 5.70. The van der Waals surface area contributed by atoms with Crippen LogP contribution in [0.5, 0.6) is 5.75 Å². The fraction of sp³-hybridized carbons (Fsp3) is 0.364. The molecule has 7 heteroatoms. The van der Waals surface area contributed by atoms with Crippen LogP contribution in [0.1, 0.15) is 42.4 Å². The normalized spacial score (nSPS) is 13.7. The predicted molar refractivity (Wildman–Crippen MR) is 111 cm³/mol. The zero-order valence-electron chi connectivity index (χ0n) is 17.4. The Labute approximate surface area is 170 Å². The molecule has 0 spiro atoms. The molecule has 0 fully saturated rings. The molecule has 0 N–H and O–H groups in total. The van der Waals surface area contributed by atoms with E-state index in [1.165, 1.54) is 0 Å². The number of ether oxygens (including phenoxy) is 1. The molecule has 1 aliphatic heterocycles. The Bertz CT molecular complexity index is 1080. The highest BCUT2D eigenvalue weighted by Gasteiger charge is 2.33. The molecule has 3 aromatic heterocycles. The van der Waals surface area contributed by atoms with Gasteiger partial charge >= 0.3 is 0 Å². The molecule has 4 rings (SSSR count). The average molecular weight is 391 g/mol. The van der Waals surface area contributed by atoms with Gasteiger partial charge in [0.25, 0.3) is 5.91 Å². The monoisotopic (exact) mass is 391 g/mol. The quantitative estimate of drug-likeness (QED) is 0.675. The molecule has 4 heterocycles. The number of carbonyl (C=O) groups is 1. The van der Waals surface area contributed by atoms with Gasteiger partial charge in [0.2, 0.25) is 0 Å². The van der Waals surface area contributed by atoms with Crippen LogP contribution in [-0.2, 0) is 13.1 Å². The third kappa shape index (κ3) is 3.72. The maximum Gasteiger partial charge on any atom is 0.262 e. The van der Waals surface area contributed by atoms with E-state index in [4.69, 9.17) is 9.72 Å². The summed E-state index contributed by atoms with van der Waals surface area (Å²) < 4.78 is 7.15. The first-order valence-corrected chi connectivity index (χ1v) is 9.60. The van der Waals surface area contributed by atoms with Crippen molar-refractivity contribution in [1.29, 1.82) is 0 Å². The topological polar surface area (TPSA) is 73.1 Å². The Hall–Kier alpha value is -3.22. The first-order chi connectivity index (χ1) is 13.7. The summed E-state index contributed by atoms with van der Waals surface area (Å²) in [7, 11) is 1.61. The van der Waals surface area contributed by atoms with E-state index < -0.39 is 0 Å². The van der Waals surface area contributed by atoms with E-state index in [2.05, 4.69) is 30.9 Å². The number of aryl methyl sites for hydroxylation is 1. The van der Waals surface area contributed by atoms with Crippen molar-refractivity contribution in [2.75, 3.05) is 12.0 Å². The summed E-state index contributed by atoms with van der Waals surface area (Å²) in [5, 5.41) is 4.61. The van der Waals surface area contributed by atoms with Crippen LogP contribution >= 0.6 is 0 Å². The Kier molecular flexibility index (Phi) is 4.61. The first kappa shape index (κ1) is 19.1. The summed E-state index contributed by atoms with van der Waals surface area (Å²) in [4.78, 5) is 23.7. The van der Waals surface area contributed by atoms with Gasteiger partial charge < -0.3 is 4.74 Å². The van der Waals surface area contributed by atoms with E-state index in [1.54, 1.807) is 24.4 Å². The van der Waals surface area contributed by atoms with Crippen molar-refractivity contribution < 1.29 is 9.53 Å². The highest BCUT2D eigenvalue weighted by Crippen LogP contribution is 2.32. The van der Waals surface area contributed by atoms with Crippen molar-refractivity contribution in [2.45, 2.75) is 40.8 Å². The summed E-state index contributed by atoms with van der Waals surface area (Å²) in [6.45, 7) is 9.62. The van der Waals surface area contributed by atoms with Crippen LogP contribution in [0.4, 0.5) is 5.82 Å². The molecule has 0 unspecified atom stereocenters. The number of fused-ring (bicyclic) bond motifs is 1. The van der Waals surface area contributed by atoms with E-state index in [1.807, 2.05) is 36.0 Å². The van der Waals surface area contributed by atoms with Gasteiger partial charge in [-0.1, -0.05) is 20.8 Å². The molecular weight excluding hydrogens is 366 g/mol. The molecule has 0 aromatic carbocycles. The van der Waals surface area contributed by atoms with Crippen LogP contribution < -0.4 is 9.64 Å². The summed E-state index contributed by atoms with van der Waals surface area (Å²) in [5.74, 6) is 1.27. The van der Waals surface area contributed by atoms with Crippen LogP contribution in [0.15, 0.2) is 36.8 Å². The molecule has 1 amide bonds. The molecule has 7 nitrogen and oxygen atoms in total. The van der Waals surface area contributed by atoms with E-state index in [-0.39, 0.29) is 11.3 Å². The number of rotatable bonds is 4. The van der Waals surface area contributed by atoms with Crippen molar-refractivity contribution in [2.24, 2.45) is 5.41 Å². The lowest BCUT2D eigenvalue weighted by molar-refractivity contribution is 0.0995. The van der Waals surface area contributed by atoms with E-state index in [0.717, 1.165) is 29.1 Å². The van der Waals surface area contributed by atoms with Gasteiger partial charge in [-0.2, -0.15) is 5.10 Å². The maximum absolute atomic E-state index is 13.1. The molecule has 3 aromatic rings. The van der Waals surface area contributed by atoms with Crippen LogP contribution in [0.2, 0.25) is 0 Å².